The average molecular weight is 232 g/mol. The van der Waals surface area contributed by atoms with Crippen molar-refractivity contribution in [3.8, 4) is 17.0 Å². The topological polar surface area (TPSA) is 79.1 Å². The van der Waals surface area contributed by atoms with Crippen LogP contribution in [0.5, 0.6) is 5.75 Å². The molecule has 2 aromatic rings. The first kappa shape index (κ1) is 11.3. The first-order valence-corrected chi connectivity index (χ1v) is 5.43. The zero-order valence-corrected chi connectivity index (χ0v) is 9.97. The number of nitrogens with zero attached hydrogens (tertiary/aromatic N) is 2. The Morgan fingerprint density at radius 3 is 2.35 bits per heavy atom. The number of ether oxygens (including phenoxy) is 1. The molecule has 0 aliphatic carbocycles. The molecule has 0 unspecified atom stereocenters. The molecule has 90 valence electrons. The van der Waals surface area contributed by atoms with E-state index in [4.69, 9.17) is 16.2 Å². The quantitative estimate of drug-likeness (QED) is 0.844. The summed E-state index contributed by atoms with van der Waals surface area (Å²) in [5, 5.41) is 4.38. The van der Waals surface area contributed by atoms with Crippen LogP contribution in [0, 0.1) is 0 Å². The van der Waals surface area contributed by atoms with Crippen molar-refractivity contribution in [3.05, 3.63) is 24.3 Å². The molecule has 1 aromatic heterocycles. The lowest BCUT2D eigenvalue weighted by Crippen LogP contribution is -2.02. The second kappa shape index (κ2) is 4.37. The van der Waals surface area contributed by atoms with E-state index in [0.29, 0.717) is 23.7 Å². The van der Waals surface area contributed by atoms with Gasteiger partial charge in [0.05, 0.1) is 7.11 Å². The summed E-state index contributed by atoms with van der Waals surface area (Å²) in [7, 11) is 1.63. The number of aromatic nitrogens is 2. The SMILES string of the molecule is CCn1nc(-c2ccc(OC)cc2)c(N)c1N. The number of anilines is 2. The molecule has 1 heterocycles. The van der Waals surface area contributed by atoms with Gasteiger partial charge in [0.1, 0.15) is 22.9 Å². The number of aryl methyl sites for hydroxylation is 1. The highest BCUT2D eigenvalue weighted by atomic mass is 16.5. The zero-order valence-electron chi connectivity index (χ0n) is 9.97. The summed E-state index contributed by atoms with van der Waals surface area (Å²) in [6.45, 7) is 2.67. The molecule has 4 N–H and O–H groups in total. The Bertz CT molecular complexity index is 516. The van der Waals surface area contributed by atoms with Gasteiger partial charge in [-0.2, -0.15) is 5.10 Å². The molecular formula is C12H16N4O. The number of nitrogens with two attached hydrogens (primary N) is 2. The molecule has 0 bridgehead atoms. The zero-order chi connectivity index (χ0) is 12.4. The van der Waals surface area contributed by atoms with Gasteiger partial charge < -0.3 is 16.2 Å². The molecule has 0 amide bonds. The van der Waals surface area contributed by atoms with Gasteiger partial charge in [-0.15, -0.1) is 0 Å². The third kappa shape index (κ3) is 1.91. The number of methoxy groups -OCH3 is 1. The highest BCUT2D eigenvalue weighted by Crippen LogP contribution is 2.30. The Balaban J connectivity index is 2.45. The van der Waals surface area contributed by atoms with Gasteiger partial charge in [-0.25, -0.2) is 4.68 Å². The molecule has 0 aliphatic heterocycles. The van der Waals surface area contributed by atoms with Crippen LogP contribution in [0.15, 0.2) is 24.3 Å². The van der Waals surface area contributed by atoms with Gasteiger partial charge in [0.15, 0.2) is 0 Å². The molecule has 2 rings (SSSR count). The average Bonchev–Trinajstić information content (AvgIpc) is 2.66. The maximum atomic E-state index is 5.94. The maximum absolute atomic E-state index is 5.94. The summed E-state index contributed by atoms with van der Waals surface area (Å²) in [6, 6.07) is 7.57. The Morgan fingerprint density at radius 2 is 1.88 bits per heavy atom. The van der Waals surface area contributed by atoms with Crippen molar-refractivity contribution in [3.63, 3.8) is 0 Å². The van der Waals surface area contributed by atoms with Crippen LogP contribution < -0.4 is 16.2 Å². The minimum atomic E-state index is 0.512. The van der Waals surface area contributed by atoms with E-state index in [9.17, 15) is 0 Å². The third-order valence-electron chi connectivity index (χ3n) is 2.69. The summed E-state index contributed by atoms with van der Waals surface area (Å²) in [4.78, 5) is 0. The van der Waals surface area contributed by atoms with Crippen molar-refractivity contribution in [2.45, 2.75) is 13.5 Å². The van der Waals surface area contributed by atoms with Crippen molar-refractivity contribution >= 4 is 11.5 Å². The van der Waals surface area contributed by atoms with Crippen LogP contribution in [0.1, 0.15) is 6.92 Å². The van der Waals surface area contributed by atoms with Crippen LogP contribution in [-0.2, 0) is 6.54 Å². The third-order valence-corrected chi connectivity index (χ3v) is 2.69. The van der Waals surface area contributed by atoms with E-state index < -0.39 is 0 Å². The second-order valence-electron chi connectivity index (χ2n) is 3.69. The summed E-state index contributed by atoms with van der Waals surface area (Å²) in [5.41, 5.74) is 14.0. The molecular weight excluding hydrogens is 216 g/mol. The van der Waals surface area contributed by atoms with E-state index in [2.05, 4.69) is 5.10 Å². The Kier molecular flexibility index (Phi) is 2.91. The van der Waals surface area contributed by atoms with Gasteiger partial charge in [-0.05, 0) is 31.2 Å². The van der Waals surface area contributed by atoms with Crippen molar-refractivity contribution in [1.82, 2.24) is 9.78 Å². The van der Waals surface area contributed by atoms with Gasteiger partial charge in [-0.1, -0.05) is 0 Å². The summed E-state index contributed by atoms with van der Waals surface area (Å²) >= 11 is 0. The normalized spacial score (nSPS) is 10.5. The van der Waals surface area contributed by atoms with Gasteiger partial charge in [-0.3, -0.25) is 0 Å². The summed E-state index contributed by atoms with van der Waals surface area (Å²) in [6.07, 6.45) is 0. The molecule has 0 saturated heterocycles. The predicted molar refractivity (Wildman–Crippen MR) is 68.7 cm³/mol. The van der Waals surface area contributed by atoms with Gasteiger partial charge in [0.25, 0.3) is 0 Å². The van der Waals surface area contributed by atoms with Crippen LogP contribution in [0.2, 0.25) is 0 Å². The lowest BCUT2D eigenvalue weighted by molar-refractivity contribution is 0.415. The smallest absolute Gasteiger partial charge is 0.145 e. The Hall–Kier alpha value is -2.17. The number of nitrogen functional groups attached to an aromatic ring is 2. The fourth-order valence-electron chi connectivity index (χ4n) is 1.69. The van der Waals surface area contributed by atoms with Crippen molar-refractivity contribution in [2.75, 3.05) is 18.6 Å². The highest BCUT2D eigenvalue weighted by Gasteiger charge is 2.13. The monoisotopic (exact) mass is 232 g/mol. The van der Waals surface area contributed by atoms with Crippen LogP contribution in [0.4, 0.5) is 11.5 Å². The molecule has 5 heteroatoms. The molecule has 5 nitrogen and oxygen atoms in total. The van der Waals surface area contributed by atoms with E-state index in [1.54, 1.807) is 11.8 Å². The fourth-order valence-corrected chi connectivity index (χ4v) is 1.69. The van der Waals surface area contributed by atoms with Crippen molar-refractivity contribution in [2.24, 2.45) is 0 Å². The Labute approximate surface area is 100.0 Å². The molecule has 17 heavy (non-hydrogen) atoms. The summed E-state index contributed by atoms with van der Waals surface area (Å²) in [5.74, 6) is 1.31. The largest absolute Gasteiger partial charge is 0.497 e. The molecule has 0 saturated carbocycles. The second-order valence-corrected chi connectivity index (χ2v) is 3.69. The van der Waals surface area contributed by atoms with Crippen molar-refractivity contribution in [1.29, 1.82) is 0 Å². The standard InChI is InChI=1S/C12H16N4O/c1-3-16-12(14)10(13)11(15-16)8-4-6-9(17-2)7-5-8/h4-7H,3,13-14H2,1-2H3. The first-order chi connectivity index (χ1) is 8.17. The van der Waals surface area contributed by atoms with E-state index in [0.717, 1.165) is 11.3 Å². The van der Waals surface area contributed by atoms with E-state index >= 15 is 0 Å². The molecule has 0 fully saturated rings. The van der Waals surface area contributed by atoms with Gasteiger partial charge in [0, 0.05) is 12.1 Å². The van der Waals surface area contributed by atoms with Crippen LogP contribution in [0.3, 0.4) is 0 Å². The number of benzene rings is 1. The molecule has 0 atom stereocenters. The molecule has 0 radical (unpaired) electrons. The van der Waals surface area contributed by atoms with E-state index in [1.807, 2.05) is 31.2 Å². The minimum absolute atomic E-state index is 0.512. The number of hydrogen-bond donors (Lipinski definition) is 2. The number of hydrogen-bond acceptors (Lipinski definition) is 4. The fraction of sp³-hybridized carbons (Fsp3) is 0.250. The molecule has 0 spiro atoms. The molecule has 0 aliphatic rings. The summed E-state index contributed by atoms with van der Waals surface area (Å²) < 4.78 is 6.79. The predicted octanol–water partition coefficient (Wildman–Crippen LogP) is 1.74. The highest BCUT2D eigenvalue weighted by molar-refractivity contribution is 5.80. The van der Waals surface area contributed by atoms with Gasteiger partial charge in [0.2, 0.25) is 0 Å². The lowest BCUT2D eigenvalue weighted by Gasteiger charge is -2.01. The van der Waals surface area contributed by atoms with Crippen LogP contribution >= 0.6 is 0 Å². The van der Waals surface area contributed by atoms with Crippen LogP contribution in [-0.4, -0.2) is 16.9 Å². The number of rotatable bonds is 3. The Morgan fingerprint density at radius 1 is 1.24 bits per heavy atom. The van der Waals surface area contributed by atoms with Crippen molar-refractivity contribution < 1.29 is 4.74 Å². The lowest BCUT2D eigenvalue weighted by atomic mass is 10.1. The van der Waals surface area contributed by atoms with Crippen LogP contribution in [0.25, 0.3) is 11.3 Å². The van der Waals surface area contributed by atoms with E-state index in [-0.39, 0.29) is 0 Å². The van der Waals surface area contributed by atoms with Gasteiger partial charge >= 0.3 is 0 Å². The molecule has 1 aromatic carbocycles. The maximum Gasteiger partial charge on any atom is 0.145 e. The minimum Gasteiger partial charge on any atom is -0.497 e. The first-order valence-electron chi connectivity index (χ1n) is 5.43. The van der Waals surface area contributed by atoms with E-state index in [1.165, 1.54) is 0 Å².